The molecule has 0 unspecified atom stereocenters. The number of carbonyl (C=O) groups excluding carboxylic acids is 4. The van der Waals surface area contributed by atoms with Gasteiger partial charge in [-0.2, -0.15) is 0 Å². The quantitative estimate of drug-likeness (QED) is 0.131. The summed E-state index contributed by atoms with van der Waals surface area (Å²) in [7, 11) is 0. The van der Waals surface area contributed by atoms with Crippen LogP contribution in [-0.4, -0.2) is 65.7 Å². The highest BCUT2D eigenvalue weighted by Gasteiger charge is 2.37. The maximum atomic E-state index is 13.6. The number of amides is 3. The topological polar surface area (TPSA) is 143 Å². The smallest absolute Gasteiger partial charge is 0.331 e. The molecule has 4 N–H and O–H groups in total. The van der Waals surface area contributed by atoms with Crippen LogP contribution in [0.3, 0.4) is 0 Å². The number of hydrogen-bond donors (Lipinski definition) is 4. The number of aliphatic hydroxyl groups is 1. The number of aliphatic hydroxyl groups excluding tert-OH is 1. The summed E-state index contributed by atoms with van der Waals surface area (Å²) in [5, 5.41) is 18.4. The molecule has 1 fully saturated rings. The van der Waals surface area contributed by atoms with Crippen molar-refractivity contribution in [1.82, 2.24) is 16.0 Å². The third-order valence-corrected chi connectivity index (χ3v) is 8.64. The van der Waals surface area contributed by atoms with Crippen LogP contribution in [0.5, 0.6) is 0 Å². The van der Waals surface area contributed by atoms with Gasteiger partial charge >= 0.3 is 5.97 Å². The van der Waals surface area contributed by atoms with E-state index in [1.807, 2.05) is 30.3 Å². The fourth-order valence-corrected chi connectivity index (χ4v) is 5.59. The first-order chi connectivity index (χ1) is 22.0. The van der Waals surface area contributed by atoms with Gasteiger partial charge in [-0.05, 0) is 31.2 Å². The van der Waals surface area contributed by atoms with Gasteiger partial charge in [0.25, 0.3) is 0 Å². The Morgan fingerprint density at radius 1 is 0.761 bits per heavy atom. The highest BCUT2D eigenvalue weighted by Crippen LogP contribution is 2.20. The lowest BCUT2D eigenvalue weighted by Crippen LogP contribution is -2.60. The van der Waals surface area contributed by atoms with Crippen molar-refractivity contribution in [2.45, 2.75) is 149 Å². The largest absolute Gasteiger partial charge is 0.460 e. The molecule has 1 aliphatic heterocycles. The van der Waals surface area contributed by atoms with Crippen LogP contribution in [0.2, 0.25) is 0 Å². The molecule has 0 aliphatic carbocycles. The van der Waals surface area contributed by atoms with Crippen molar-refractivity contribution in [2.24, 2.45) is 11.8 Å². The second-order valence-corrected chi connectivity index (χ2v) is 13.1. The van der Waals surface area contributed by atoms with E-state index in [4.69, 9.17) is 9.47 Å². The van der Waals surface area contributed by atoms with Crippen molar-refractivity contribution in [2.75, 3.05) is 6.61 Å². The van der Waals surface area contributed by atoms with E-state index in [0.29, 0.717) is 6.42 Å². The van der Waals surface area contributed by atoms with E-state index in [1.165, 1.54) is 51.9 Å². The average molecular weight is 646 g/mol. The van der Waals surface area contributed by atoms with Gasteiger partial charge in [-0.1, -0.05) is 122 Å². The molecule has 2 rings (SSSR count). The zero-order valence-electron chi connectivity index (χ0n) is 28.7. The maximum Gasteiger partial charge on any atom is 0.331 e. The summed E-state index contributed by atoms with van der Waals surface area (Å²) in [6.45, 7) is 8.87. The average Bonchev–Trinajstić information content (AvgIpc) is 3.03. The number of hydrogen-bond acceptors (Lipinski definition) is 7. The number of rotatable bonds is 18. The van der Waals surface area contributed by atoms with Gasteiger partial charge in [0.2, 0.25) is 17.7 Å². The molecule has 0 saturated carbocycles. The number of carbonyl (C=O) groups is 4. The van der Waals surface area contributed by atoms with Crippen LogP contribution in [0.25, 0.3) is 0 Å². The van der Waals surface area contributed by atoms with E-state index < -0.39 is 59.9 Å². The maximum absolute atomic E-state index is 13.6. The Morgan fingerprint density at radius 2 is 1.30 bits per heavy atom. The van der Waals surface area contributed by atoms with Crippen LogP contribution in [0.15, 0.2) is 30.3 Å². The SMILES string of the molecule is CCCCCCCCCCCCC[C@H]1OC(=O)[C@H](COCc2ccccc2)NC(=O)[C@H]([C@@H](C)O)NC(=O)[C@H](C(C)C)NC(=O)[C@@H]1C. The Hall–Kier alpha value is -2.98. The third-order valence-electron chi connectivity index (χ3n) is 8.64. The van der Waals surface area contributed by atoms with Gasteiger partial charge < -0.3 is 30.5 Å². The normalized spacial score (nSPS) is 23.8. The van der Waals surface area contributed by atoms with Crippen LogP contribution >= 0.6 is 0 Å². The van der Waals surface area contributed by atoms with Gasteiger partial charge in [0.05, 0.1) is 25.2 Å². The van der Waals surface area contributed by atoms with Gasteiger partial charge in [-0.3, -0.25) is 14.4 Å². The predicted octanol–water partition coefficient (Wildman–Crippen LogP) is 4.96. The molecule has 1 saturated heterocycles. The minimum absolute atomic E-state index is 0.194. The van der Waals surface area contributed by atoms with Crippen molar-refractivity contribution in [3.8, 4) is 0 Å². The molecule has 46 heavy (non-hydrogen) atoms. The molecule has 0 radical (unpaired) electrons. The van der Waals surface area contributed by atoms with Crippen molar-refractivity contribution < 1.29 is 33.8 Å². The first kappa shape index (κ1) is 39.2. The molecule has 260 valence electrons. The number of benzene rings is 1. The second kappa shape index (κ2) is 21.7. The predicted molar refractivity (Wildman–Crippen MR) is 179 cm³/mol. The van der Waals surface area contributed by atoms with Gasteiger partial charge in [-0.25, -0.2) is 4.79 Å². The zero-order chi connectivity index (χ0) is 33.9. The minimum Gasteiger partial charge on any atom is -0.460 e. The van der Waals surface area contributed by atoms with Crippen LogP contribution in [0.1, 0.15) is 117 Å². The summed E-state index contributed by atoms with van der Waals surface area (Å²) < 4.78 is 11.8. The zero-order valence-corrected chi connectivity index (χ0v) is 28.7. The third kappa shape index (κ3) is 14.2. The van der Waals surface area contributed by atoms with Crippen molar-refractivity contribution in [3.05, 3.63) is 35.9 Å². The number of nitrogens with one attached hydrogen (secondary N) is 3. The van der Waals surface area contributed by atoms with Crippen LogP contribution in [0.4, 0.5) is 0 Å². The van der Waals surface area contributed by atoms with Gasteiger partial charge in [0.1, 0.15) is 18.2 Å². The van der Waals surface area contributed by atoms with Crippen molar-refractivity contribution in [1.29, 1.82) is 0 Å². The summed E-state index contributed by atoms with van der Waals surface area (Å²) in [6.07, 6.45) is 11.3. The van der Waals surface area contributed by atoms with Crippen LogP contribution in [-0.2, 0) is 35.3 Å². The molecular weight excluding hydrogens is 586 g/mol. The Balaban J connectivity index is 2.16. The molecule has 1 aromatic carbocycles. The van der Waals surface area contributed by atoms with Gasteiger partial charge in [0.15, 0.2) is 6.04 Å². The molecule has 10 heteroatoms. The summed E-state index contributed by atoms with van der Waals surface area (Å²) in [4.78, 5) is 53.6. The van der Waals surface area contributed by atoms with E-state index in [-0.39, 0.29) is 19.1 Å². The van der Waals surface area contributed by atoms with E-state index in [9.17, 15) is 24.3 Å². The number of ether oxygens (including phenoxy) is 2. The Kier molecular flexibility index (Phi) is 18.5. The number of cyclic esters (lactones) is 1. The lowest BCUT2D eigenvalue weighted by Gasteiger charge is -2.28. The molecule has 10 nitrogen and oxygen atoms in total. The lowest BCUT2D eigenvalue weighted by molar-refractivity contribution is -0.159. The molecule has 1 heterocycles. The Morgan fingerprint density at radius 3 is 1.87 bits per heavy atom. The van der Waals surface area contributed by atoms with E-state index in [1.54, 1.807) is 20.8 Å². The highest BCUT2D eigenvalue weighted by atomic mass is 16.5. The summed E-state index contributed by atoms with van der Waals surface area (Å²) in [5.41, 5.74) is 0.889. The first-order valence-corrected chi connectivity index (χ1v) is 17.5. The van der Waals surface area contributed by atoms with Gasteiger partial charge in [-0.15, -0.1) is 0 Å². The van der Waals surface area contributed by atoms with Crippen LogP contribution < -0.4 is 16.0 Å². The molecule has 1 aromatic rings. The monoisotopic (exact) mass is 645 g/mol. The molecule has 6 atom stereocenters. The second-order valence-electron chi connectivity index (χ2n) is 13.1. The fourth-order valence-electron chi connectivity index (χ4n) is 5.59. The number of esters is 1. The minimum atomic E-state index is -1.36. The van der Waals surface area contributed by atoms with Crippen molar-refractivity contribution >= 4 is 23.7 Å². The molecule has 0 bridgehead atoms. The van der Waals surface area contributed by atoms with Crippen LogP contribution in [0, 0.1) is 11.8 Å². The van der Waals surface area contributed by atoms with Crippen molar-refractivity contribution in [3.63, 3.8) is 0 Å². The molecule has 0 spiro atoms. The Bertz CT molecular complexity index is 1050. The van der Waals surface area contributed by atoms with E-state index >= 15 is 0 Å². The number of unbranched alkanes of at least 4 members (excludes halogenated alkanes) is 10. The summed E-state index contributed by atoms with van der Waals surface area (Å²) in [5.74, 6) is -3.54. The summed E-state index contributed by atoms with van der Waals surface area (Å²) >= 11 is 0. The molecule has 3 amide bonds. The fraction of sp³-hybridized carbons (Fsp3) is 0.722. The molecule has 1 aliphatic rings. The van der Waals surface area contributed by atoms with Gasteiger partial charge in [0, 0.05) is 0 Å². The Labute approximate surface area is 276 Å². The first-order valence-electron chi connectivity index (χ1n) is 17.5. The van der Waals surface area contributed by atoms with E-state index in [0.717, 1.165) is 31.2 Å². The van der Waals surface area contributed by atoms with E-state index in [2.05, 4.69) is 22.9 Å². The highest BCUT2D eigenvalue weighted by molar-refractivity contribution is 5.94. The molecular formula is C36H59N3O7. The summed E-state index contributed by atoms with van der Waals surface area (Å²) in [6, 6.07) is 5.88. The standard InChI is InChI=1S/C36H59N3O7/c1-6-7-8-9-10-11-12-13-14-15-19-22-30-26(4)33(41)38-31(25(2)3)34(42)39-32(27(5)40)35(43)37-29(36(44)46-30)24-45-23-28-20-17-16-18-21-28/h16-18,20-21,25-27,29-32,40H,6-15,19,22-24H2,1-5H3,(H,37,43)(H,38,41)(H,39,42)/t26-,27-,29+,30-,31+,32+/m1/s1. The lowest BCUT2D eigenvalue weighted by atomic mass is 9.95. The molecule has 0 aromatic heterocycles.